The number of carbonyl (C=O) groups is 1. The lowest BCUT2D eigenvalue weighted by atomic mass is 9.93. The minimum atomic E-state index is -3.65. The third-order valence-electron chi connectivity index (χ3n) is 5.45. The molecular weight excluding hydrogens is 448 g/mol. The van der Waals surface area contributed by atoms with Crippen LogP contribution < -0.4 is 10.0 Å². The SMILES string of the molecule is CC(=O)N[C@H]1[C@@H](OCc2ccccc2)O[C@@H]2COC(c3ccccc3)O[C@H]2[C@@H]1NS(C)(=O)=O. The van der Waals surface area contributed by atoms with Crippen LogP contribution in [0.5, 0.6) is 0 Å². The number of benzene rings is 2. The molecule has 0 radical (unpaired) electrons. The molecule has 9 nitrogen and oxygen atoms in total. The molecule has 2 aliphatic rings. The van der Waals surface area contributed by atoms with Gasteiger partial charge in [-0.15, -0.1) is 0 Å². The highest BCUT2D eigenvalue weighted by molar-refractivity contribution is 7.88. The third-order valence-corrected chi connectivity index (χ3v) is 6.15. The molecule has 0 aliphatic carbocycles. The standard InChI is InChI=1S/C23H28N2O7S/c1-15(26)24-20-19(25-33(2,27)28)21-18(14-30-22(32-21)17-11-7-4-8-12-17)31-23(20)29-13-16-9-5-3-6-10-16/h3-12,18-23,25H,13-14H2,1-2H3,(H,24,26)/t18-,19-,20-,21-,22?,23+/m1/s1. The van der Waals surface area contributed by atoms with Crippen LogP contribution in [-0.4, -0.2) is 57.8 Å². The average molecular weight is 477 g/mol. The van der Waals surface area contributed by atoms with Crippen molar-refractivity contribution in [2.45, 2.75) is 50.4 Å². The number of carbonyl (C=O) groups excluding carboxylic acids is 1. The molecule has 2 heterocycles. The van der Waals surface area contributed by atoms with Crippen molar-refractivity contribution in [1.29, 1.82) is 0 Å². The Balaban J connectivity index is 1.60. The monoisotopic (exact) mass is 476 g/mol. The zero-order chi connectivity index (χ0) is 23.4. The summed E-state index contributed by atoms with van der Waals surface area (Å²) in [5.74, 6) is -0.345. The number of ether oxygens (including phenoxy) is 4. The summed E-state index contributed by atoms with van der Waals surface area (Å²) in [7, 11) is -3.65. The van der Waals surface area contributed by atoms with Gasteiger partial charge in [0.2, 0.25) is 15.9 Å². The molecular formula is C23H28N2O7S. The Morgan fingerprint density at radius 2 is 1.70 bits per heavy atom. The Kier molecular flexibility index (Phi) is 7.42. The van der Waals surface area contributed by atoms with E-state index in [1.54, 1.807) is 0 Å². The summed E-state index contributed by atoms with van der Waals surface area (Å²) in [4.78, 5) is 12.0. The molecule has 1 amide bonds. The summed E-state index contributed by atoms with van der Waals surface area (Å²) in [5, 5.41) is 2.79. The maximum atomic E-state index is 12.3. The fraction of sp³-hybridized carbons (Fsp3) is 0.435. The van der Waals surface area contributed by atoms with Crippen molar-refractivity contribution in [3.63, 3.8) is 0 Å². The van der Waals surface area contributed by atoms with Crippen LogP contribution in [0, 0.1) is 0 Å². The van der Waals surface area contributed by atoms with E-state index in [1.807, 2.05) is 60.7 Å². The van der Waals surface area contributed by atoms with Crippen molar-refractivity contribution in [3.8, 4) is 0 Å². The van der Waals surface area contributed by atoms with E-state index in [0.717, 1.165) is 17.4 Å². The van der Waals surface area contributed by atoms with Crippen LogP contribution in [0.15, 0.2) is 60.7 Å². The van der Waals surface area contributed by atoms with E-state index in [1.165, 1.54) is 6.92 Å². The molecule has 0 bridgehead atoms. The molecule has 0 saturated carbocycles. The first kappa shape index (κ1) is 23.8. The Morgan fingerprint density at radius 1 is 1.03 bits per heavy atom. The first-order valence-electron chi connectivity index (χ1n) is 10.7. The fourth-order valence-corrected chi connectivity index (χ4v) is 4.85. The van der Waals surface area contributed by atoms with Gasteiger partial charge in [0.25, 0.3) is 0 Å². The molecule has 178 valence electrons. The first-order valence-corrected chi connectivity index (χ1v) is 12.6. The van der Waals surface area contributed by atoms with Crippen molar-refractivity contribution in [3.05, 3.63) is 71.8 Å². The fourth-order valence-electron chi connectivity index (χ4n) is 4.07. The summed E-state index contributed by atoms with van der Waals surface area (Å²) in [5.41, 5.74) is 1.71. The largest absolute Gasteiger partial charge is 0.347 e. The summed E-state index contributed by atoms with van der Waals surface area (Å²) in [6.45, 7) is 1.75. The van der Waals surface area contributed by atoms with Crippen molar-refractivity contribution < 1.29 is 32.2 Å². The molecule has 2 saturated heterocycles. The second kappa shape index (κ2) is 10.3. The molecule has 0 spiro atoms. The summed E-state index contributed by atoms with van der Waals surface area (Å²) in [6.07, 6.45) is -1.87. The number of rotatable bonds is 7. The number of fused-ring (bicyclic) bond motifs is 1. The number of amides is 1. The molecule has 2 fully saturated rings. The Morgan fingerprint density at radius 3 is 2.33 bits per heavy atom. The van der Waals surface area contributed by atoms with E-state index in [4.69, 9.17) is 18.9 Å². The summed E-state index contributed by atoms with van der Waals surface area (Å²) in [6, 6.07) is 17.2. The Bertz CT molecular complexity index is 1040. The molecule has 6 atom stereocenters. The van der Waals surface area contributed by atoms with Crippen LogP contribution in [0.3, 0.4) is 0 Å². The quantitative estimate of drug-likeness (QED) is 0.622. The predicted octanol–water partition coefficient (Wildman–Crippen LogP) is 1.46. The lowest BCUT2D eigenvalue weighted by molar-refractivity contribution is -0.329. The Labute approximate surface area is 193 Å². The van der Waals surface area contributed by atoms with Gasteiger partial charge in [-0.05, 0) is 5.56 Å². The van der Waals surface area contributed by atoms with Gasteiger partial charge in [-0.2, -0.15) is 0 Å². The van der Waals surface area contributed by atoms with Gasteiger partial charge >= 0.3 is 0 Å². The smallest absolute Gasteiger partial charge is 0.217 e. The van der Waals surface area contributed by atoms with E-state index in [0.29, 0.717) is 0 Å². The highest BCUT2D eigenvalue weighted by Crippen LogP contribution is 2.35. The topological polar surface area (TPSA) is 112 Å². The van der Waals surface area contributed by atoms with E-state index in [2.05, 4.69) is 10.0 Å². The zero-order valence-electron chi connectivity index (χ0n) is 18.4. The predicted molar refractivity (Wildman–Crippen MR) is 119 cm³/mol. The van der Waals surface area contributed by atoms with Crippen molar-refractivity contribution in [2.75, 3.05) is 12.9 Å². The third kappa shape index (κ3) is 6.17. The lowest BCUT2D eigenvalue weighted by Gasteiger charge is -2.49. The van der Waals surface area contributed by atoms with Gasteiger partial charge in [0, 0.05) is 12.5 Å². The van der Waals surface area contributed by atoms with Crippen molar-refractivity contribution in [2.24, 2.45) is 0 Å². The first-order chi connectivity index (χ1) is 15.8. The van der Waals surface area contributed by atoms with Crippen LogP contribution in [0.4, 0.5) is 0 Å². The zero-order valence-corrected chi connectivity index (χ0v) is 19.2. The average Bonchev–Trinajstić information content (AvgIpc) is 2.79. The van der Waals surface area contributed by atoms with Crippen LogP contribution in [0.25, 0.3) is 0 Å². The van der Waals surface area contributed by atoms with Gasteiger partial charge in [0.1, 0.15) is 12.2 Å². The van der Waals surface area contributed by atoms with Crippen LogP contribution >= 0.6 is 0 Å². The van der Waals surface area contributed by atoms with E-state index in [-0.39, 0.29) is 19.1 Å². The molecule has 33 heavy (non-hydrogen) atoms. The molecule has 2 aliphatic heterocycles. The summed E-state index contributed by atoms with van der Waals surface area (Å²) >= 11 is 0. The molecule has 1 unspecified atom stereocenters. The molecule has 10 heteroatoms. The van der Waals surface area contributed by atoms with Crippen LogP contribution in [0.1, 0.15) is 24.3 Å². The number of sulfonamides is 1. The maximum absolute atomic E-state index is 12.3. The van der Waals surface area contributed by atoms with Gasteiger partial charge in [-0.1, -0.05) is 60.7 Å². The number of hydrogen-bond acceptors (Lipinski definition) is 7. The molecule has 2 N–H and O–H groups in total. The molecule has 2 aromatic rings. The minimum Gasteiger partial charge on any atom is -0.347 e. The van der Waals surface area contributed by atoms with Gasteiger partial charge in [-0.25, -0.2) is 13.1 Å². The minimum absolute atomic E-state index is 0.171. The molecule has 4 rings (SSSR count). The van der Waals surface area contributed by atoms with Gasteiger partial charge in [-0.3, -0.25) is 4.79 Å². The highest BCUT2D eigenvalue weighted by Gasteiger charge is 2.51. The van der Waals surface area contributed by atoms with Crippen LogP contribution in [-0.2, 0) is 40.4 Å². The van der Waals surface area contributed by atoms with E-state index < -0.39 is 46.9 Å². The van der Waals surface area contributed by atoms with Crippen molar-refractivity contribution >= 4 is 15.9 Å². The molecule has 0 aromatic heterocycles. The molecule has 2 aromatic carbocycles. The lowest BCUT2D eigenvalue weighted by Crippen LogP contribution is -2.71. The second-order valence-electron chi connectivity index (χ2n) is 8.16. The van der Waals surface area contributed by atoms with Gasteiger partial charge < -0.3 is 24.3 Å². The maximum Gasteiger partial charge on any atom is 0.217 e. The van der Waals surface area contributed by atoms with Crippen LogP contribution in [0.2, 0.25) is 0 Å². The van der Waals surface area contributed by atoms with Gasteiger partial charge in [0.05, 0.1) is 31.6 Å². The van der Waals surface area contributed by atoms with Gasteiger partial charge in [0.15, 0.2) is 12.6 Å². The second-order valence-corrected chi connectivity index (χ2v) is 9.94. The normalized spacial score (nSPS) is 29.8. The van der Waals surface area contributed by atoms with E-state index in [9.17, 15) is 13.2 Å². The van der Waals surface area contributed by atoms with E-state index >= 15 is 0 Å². The Hall–Kier alpha value is -2.34. The van der Waals surface area contributed by atoms with Crippen molar-refractivity contribution in [1.82, 2.24) is 10.0 Å². The highest BCUT2D eigenvalue weighted by atomic mass is 32.2. The number of nitrogens with one attached hydrogen (secondary N) is 2. The summed E-state index contributed by atoms with van der Waals surface area (Å²) < 4.78 is 51.3. The number of hydrogen-bond donors (Lipinski definition) is 2.